The number of benzene rings is 2. The van der Waals surface area contributed by atoms with Gasteiger partial charge in [-0.25, -0.2) is 4.79 Å². The molecule has 3 aliphatic heterocycles. The molecule has 7 nitrogen and oxygen atoms in total. The third kappa shape index (κ3) is 6.68. The number of piperidine rings is 1. The number of hydrogen-bond acceptors (Lipinski definition) is 5. The van der Waals surface area contributed by atoms with Crippen LogP contribution in [0.15, 0.2) is 47.5 Å². The minimum Gasteiger partial charge on any atom is -0.494 e. The van der Waals surface area contributed by atoms with E-state index in [4.69, 9.17) is 26.1 Å². The van der Waals surface area contributed by atoms with Gasteiger partial charge in [0.15, 0.2) is 0 Å². The smallest absolute Gasteiger partial charge is 0.326 e. The molecule has 3 fully saturated rings. The van der Waals surface area contributed by atoms with Gasteiger partial charge in [-0.1, -0.05) is 49.4 Å². The van der Waals surface area contributed by atoms with Crippen molar-refractivity contribution in [3.05, 3.63) is 58.6 Å². The highest BCUT2D eigenvalue weighted by Crippen LogP contribution is 2.43. The summed E-state index contributed by atoms with van der Waals surface area (Å²) in [4.78, 5) is 26.9. The van der Waals surface area contributed by atoms with Crippen molar-refractivity contribution in [2.75, 3.05) is 39.4 Å². The van der Waals surface area contributed by atoms with Crippen LogP contribution in [-0.2, 0) is 0 Å². The number of carbonyl (C=O) groups is 1. The SMILES string of the molecule is CCOc1ccc(C2=NC(CC3CCCC3)C(c3ccc(Cl)cc3)N2C(=O)N2CCC(N3CCCC3)CC2)c(OCC)c1. The van der Waals surface area contributed by atoms with E-state index in [0.717, 1.165) is 49.2 Å². The van der Waals surface area contributed by atoms with Crippen molar-refractivity contribution in [2.24, 2.45) is 10.9 Å². The van der Waals surface area contributed by atoms with Crippen LogP contribution in [0.5, 0.6) is 11.5 Å². The highest BCUT2D eigenvalue weighted by molar-refractivity contribution is 6.30. The van der Waals surface area contributed by atoms with Crippen LogP contribution in [-0.4, -0.2) is 78.0 Å². The van der Waals surface area contributed by atoms with Crippen LogP contribution in [0.25, 0.3) is 0 Å². The van der Waals surface area contributed by atoms with Crippen molar-refractivity contribution >= 4 is 23.5 Å². The Bertz CT molecular complexity index is 1260. The third-order valence-electron chi connectivity index (χ3n) is 9.82. The summed E-state index contributed by atoms with van der Waals surface area (Å²) in [6.07, 6.45) is 10.6. The maximum Gasteiger partial charge on any atom is 0.326 e. The molecule has 6 rings (SSSR count). The Morgan fingerprint density at radius 2 is 1.58 bits per heavy atom. The molecular formula is C35H47ClN4O3. The summed E-state index contributed by atoms with van der Waals surface area (Å²) in [5.74, 6) is 2.80. The van der Waals surface area contributed by atoms with Gasteiger partial charge in [0, 0.05) is 30.2 Å². The minimum atomic E-state index is -0.197. The molecule has 2 unspecified atom stereocenters. The lowest BCUT2D eigenvalue weighted by molar-refractivity contribution is 0.116. The van der Waals surface area contributed by atoms with Crippen LogP contribution in [0, 0.1) is 5.92 Å². The molecule has 2 saturated heterocycles. The number of amidine groups is 1. The zero-order valence-corrected chi connectivity index (χ0v) is 26.6. The van der Waals surface area contributed by atoms with Crippen molar-refractivity contribution < 1.29 is 14.3 Å². The first-order valence-electron chi connectivity index (χ1n) is 16.6. The molecule has 1 aliphatic carbocycles. The highest BCUT2D eigenvalue weighted by Gasteiger charge is 2.45. The lowest BCUT2D eigenvalue weighted by Crippen LogP contribution is -2.52. The number of likely N-dealkylation sites (tertiary alicyclic amines) is 2. The molecule has 0 spiro atoms. The Morgan fingerprint density at radius 3 is 2.26 bits per heavy atom. The normalized spacial score (nSPS) is 23.7. The zero-order chi connectivity index (χ0) is 29.8. The number of carbonyl (C=O) groups excluding carboxylic acids is 1. The van der Waals surface area contributed by atoms with E-state index < -0.39 is 0 Å². The van der Waals surface area contributed by atoms with E-state index in [1.807, 2.05) is 49.1 Å². The van der Waals surface area contributed by atoms with E-state index >= 15 is 0 Å². The first kappa shape index (κ1) is 30.3. The first-order chi connectivity index (χ1) is 21.1. The Kier molecular flexibility index (Phi) is 9.78. The molecule has 4 aliphatic rings. The fourth-order valence-corrected chi connectivity index (χ4v) is 7.83. The number of aliphatic imine (C=N–C) groups is 1. The van der Waals surface area contributed by atoms with Gasteiger partial charge < -0.3 is 19.3 Å². The molecule has 2 aromatic carbocycles. The Labute approximate surface area is 262 Å². The molecule has 2 amide bonds. The fourth-order valence-electron chi connectivity index (χ4n) is 7.70. The Balaban J connectivity index is 1.37. The molecule has 3 heterocycles. The van der Waals surface area contributed by atoms with Crippen molar-refractivity contribution in [2.45, 2.75) is 89.8 Å². The van der Waals surface area contributed by atoms with Crippen molar-refractivity contribution in [1.29, 1.82) is 0 Å². The van der Waals surface area contributed by atoms with E-state index in [2.05, 4.69) is 21.9 Å². The summed E-state index contributed by atoms with van der Waals surface area (Å²) in [6, 6.07) is 14.4. The van der Waals surface area contributed by atoms with Gasteiger partial charge in [-0.05, 0) is 94.8 Å². The Hall–Kier alpha value is -2.77. The Morgan fingerprint density at radius 1 is 0.884 bits per heavy atom. The van der Waals surface area contributed by atoms with Crippen molar-refractivity contribution in [3.63, 3.8) is 0 Å². The van der Waals surface area contributed by atoms with Gasteiger partial charge in [-0.3, -0.25) is 9.89 Å². The lowest BCUT2D eigenvalue weighted by atomic mass is 9.90. The van der Waals surface area contributed by atoms with Crippen molar-refractivity contribution in [3.8, 4) is 11.5 Å². The fraction of sp³-hybridized carbons (Fsp3) is 0.600. The third-order valence-corrected chi connectivity index (χ3v) is 10.1. The molecule has 232 valence electrons. The first-order valence-corrected chi connectivity index (χ1v) is 17.0. The van der Waals surface area contributed by atoms with Gasteiger partial charge >= 0.3 is 6.03 Å². The lowest BCUT2D eigenvalue weighted by Gasteiger charge is -2.40. The van der Waals surface area contributed by atoms with Gasteiger partial charge in [0.1, 0.15) is 17.3 Å². The summed E-state index contributed by atoms with van der Waals surface area (Å²) in [5.41, 5.74) is 1.92. The maximum absolute atomic E-state index is 14.7. The molecule has 43 heavy (non-hydrogen) atoms. The molecule has 0 aromatic heterocycles. The molecule has 2 atom stereocenters. The largest absolute Gasteiger partial charge is 0.494 e. The molecular weight excluding hydrogens is 560 g/mol. The topological polar surface area (TPSA) is 57.6 Å². The van der Waals surface area contributed by atoms with E-state index in [1.165, 1.54) is 51.6 Å². The number of hydrogen-bond donors (Lipinski definition) is 0. The predicted octanol–water partition coefficient (Wildman–Crippen LogP) is 7.57. The van der Waals surface area contributed by atoms with Crippen LogP contribution >= 0.6 is 11.6 Å². The molecule has 8 heteroatoms. The van der Waals surface area contributed by atoms with Crippen LogP contribution in [0.1, 0.15) is 88.8 Å². The number of halogens is 1. The summed E-state index contributed by atoms with van der Waals surface area (Å²) < 4.78 is 12.0. The van der Waals surface area contributed by atoms with Crippen LogP contribution < -0.4 is 9.47 Å². The molecule has 0 N–H and O–H groups in total. The van der Waals surface area contributed by atoms with Gasteiger partial charge in [0.25, 0.3) is 0 Å². The quantitative estimate of drug-likeness (QED) is 0.295. The number of ether oxygens (including phenoxy) is 2. The van der Waals surface area contributed by atoms with E-state index in [1.54, 1.807) is 0 Å². The number of amides is 2. The van der Waals surface area contributed by atoms with Gasteiger partial charge in [-0.2, -0.15) is 0 Å². The predicted molar refractivity (Wildman–Crippen MR) is 173 cm³/mol. The second kappa shape index (κ2) is 13.9. The molecule has 1 saturated carbocycles. The van der Waals surface area contributed by atoms with Crippen LogP contribution in [0.3, 0.4) is 0 Å². The summed E-state index contributed by atoms with van der Waals surface area (Å²) in [5, 5.41) is 0.697. The number of urea groups is 1. The van der Waals surface area contributed by atoms with E-state index in [-0.39, 0.29) is 18.1 Å². The average molecular weight is 607 g/mol. The number of rotatable bonds is 9. The standard InChI is InChI=1S/C35H47ClN4O3/c1-3-42-29-15-16-30(32(24-29)43-4-2)34-37-31(23-25-9-5-6-10-25)33(26-11-13-27(36)14-12-26)40(34)35(41)39-21-17-28(18-22-39)38-19-7-8-20-38/h11-16,24-25,28,31,33H,3-10,17-23H2,1-2H3. The monoisotopic (exact) mass is 606 g/mol. The van der Waals surface area contributed by atoms with E-state index in [0.29, 0.717) is 41.8 Å². The average Bonchev–Trinajstić information content (AvgIpc) is 3.81. The van der Waals surface area contributed by atoms with Gasteiger partial charge in [0.2, 0.25) is 0 Å². The molecule has 2 aromatic rings. The second-order valence-corrected chi connectivity index (χ2v) is 13.0. The van der Waals surface area contributed by atoms with Gasteiger partial charge in [-0.15, -0.1) is 0 Å². The van der Waals surface area contributed by atoms with Gasteiger partial charge in [0.05, 0.1) is 30.9 Å². The maximum atomic E-state index is 14.7. The minimum absolute atomic E-state index is 0.0357. The van der Waals surface area contributed by atoms with Crippen molar-refractivity contribution in [1.82, 2.24) is 14.7 Å². The summed E-state index contributed by atoms with van der Waals surface area (Å²) in [6.45, 7) is 8.99. The summed E-state index contributed by atoms with van der Waals surface area (Å²) >= 11 is 6.35. The zero-order valence-electron chi connectivity index (χ0n) is 25.8. The second-order valence-electron chi connectivity index (χ2n) is 12.5. The van der Waals surface area contributed by atoms with Crippen LogP contribution in [0.2, 0.25) is 5.02 Å². The molecule has 0 radical (unpaired) electrons. The van der Waals surface area contributed by atoms with E-state index in [9.17, 15) is 4.79 Å². The highest BCUT2D eigenvalue weighted by atomic mass is 35.5. The molecule has 0 bridgehead atoms. The number of nitrogens with zero attached hydrogens (tertiary/aromatic N) is 4. The summed E-state index contributed by atoms with van der Waals surface area (Å²) in [7, 11) is 0. The van der Waals surface area contributed by atoms with Crippen LogP contribution in [0.4, 0.5) is 4.79 Å².